The second-order valence-electron chi connectivity index (χ2n) is 14.1. The maximum absolute atomic E-state index is 14.5. The van der Waals surface area contributed by atoms with Gasteiger partial charge >= 0.3 is 0 Å². The van der Waals surface area contributed by atoms with Gasteiger partial charge in [0.15, 0.2) is 17.4 Å². The van der Waals surface area contributed by atoms with Crippen molar-refractivity contribution in [1.82, 2.24) is 31.9 Å². The molecule has 0 radical (unpaired) electrons. The molecule has 0 aromatic heterocycles. The van der Waals surface area contributed by atoms with Crippen molar-refractivity contribution >= 4 is 17.7 Å². The molecular formula is C37H60F4N6O4. The van der Waals surface area contributed by atoms with Crippen LogP contribution in [-0.4, -0.2) is 66.1 Å². The van der Waals surface area contributed by atoms with E-state index in [1.807, 2.05) is 34.6 Å². The number of aromatic hydroxyl groups is 1. The van der Waals surface area contributed by atoms with Crippen LogP contribution in [0.3, 0.4) is 0 Å². The van der Waals surface area contributed by atoms with E-state index in [9.17, 15) is 37.1 Å². The Kier molecular flexibility index (Phi) is 19.1. The van der Waals surface area contributed by atoms with E-state index in [4.69, 9.17) is 0 Å². The van der Waals surface area contributed by atoms with Gasteiger partial charge in [-0.3, -0.25) is 14.4 Å². The van der Waals surface area contributed by atoms with Gasteiger partial charge in [-0.25, -0.2) is 8.78 Å². The fourth-order valence-corrected chi connectivity index (χ4v) is 5.69. The molecule has 0 fully saturated rings. The number of rotatable bonds is 23. The lowest BCUT2D eigenvalue weighted by Gasteiger charge is -2.32. The third-order valence-corrected chi connectivity index (χ3v) is 8.34. The van der Waals surface area contributed by atoms with E-state index < -0.39 is 64.5 Å². The molecule has 1 rings (SSSR count). The topological polar surface area (TPSA) is 144 Å². The van der Waals surface area contributed by atoms with E-state index in [0.29, 0.717) is 49.7 Å². The highest BCUT2D eigenvalue weighted by atomic mass is 19.2. The molecule has 10 nitrogen and oxygen atoms in total. The van der Waals surface area contributed by atoms with Crippen LogP contribution in [0.1, 0.15) is 105 Å². The minimum Gasteiger partial charge on any atom is -0.503 e. The minimum absolute atomic E-state index is 0.0322. The molecule has 51 heavy (non-hydrogen) atoms. The van der Waals surface area contributed by atoms with Crippen LogP contribution in [0.2, 0.25) is 0 Å². The zero-order chi connectivity index (χ0) is 39.2. The predicted molar refractivity (Wildman–Crippen MR) is 193 cm³/mol. The molecule has 0 heterocycles. The van der Waals surface area contributed by atoms with Gasteiger partial charge in [-0.15, -0.1) is 0 Å². The number of likely N-dealkylation sites (N-methyl/N-ethyl adjacent to an activating group) is 1. The fourth-order valence-electron chi connectivity index (χ4n) is 5.69. The molecule has 3 amide bonds. The Labute approximate surface area is 301 Å². The molecule has 0 aliphatic heterocycles. The summed E-state index contributed by atoms with van der Waals surface area (Å²) in [6.45, 7) is 26.9. The number of benzene rings is 1. The van der Waals surface area contributed by atoms with Gasteiger partial charge in [0.25, 0.3) is 5.91 Å². The van der Waals surface area contributed by atoms with E-state index in [1.165, 1.54) is 0 Å². The Morgan fingerprint density at radius 1 is 0.706 bits per heavy atom. The van der Waals surface area contributed by atoms with Crippen molar-refractivity contribution in [2.75, 3.05) is 13.1 Å². The third-order valence-electron chi connectivity index (χ3n) is 8.34. The standard InChI is InChI=1S/C37H60F4N6O4/c1-12-15-26(46-35(49)27(17-20(6)7)47-36(50)28-29(38)31(40)34(48)32(41)30(28)39)23(11)44-24(16-19(4)5)18-43-25(13-2)22(10)45-33(21(8)9)37(51)42-14-3/h19-21,24-27,33,43-45,48H,10-18H2,1-9H3,(H,42,51)(H,46,49)(H,47,50)/t24-,25-,26-,27?,33-/m0/s1. The molecule has 1 unspecified atom stereocenters. The summed E-state index contributed by atoms with van der Waals surface area (Å²) in [5.74, 6) is -12.5. The summed E-state index contributed by atoms with van der Waals surface area (Å²) in [6, 6.07) is -2.65. The highest BCUT2D eigenvalue weighted by molar-refractivity contribution is 5.98. The minimum atomic E-state index is -2.12. The van der Waals surface area contributed by atoms with Crippen LogP contribution in [0.15, 0.2) is 24.6 Å². The molecule has 1 aromatic carbocycles. The maximum atomic E-state index is 14.5. The first-order valence-corrected chi connectivity index (χ1v) is 17.9. The highest BCUT2D eigenvalue weighted by Gasteiger charge is 2.33. The van der Waals surface area contributed by atoms with Crippen LogP contribution in [0.4, 0.5) is 17.6 Å². The van der Waals surface area contributed by atoms with Crippen molar-refractivity contribution in [1.29, 1.82) is 0 Å². The van der Waals surface area contributed by atoms with E-state index in [-0.39, 0.29) is 36.2 Å². The molecule has 7 N–H and O–H groups in total. The zero-order valence-corrected chi connectivity index (χ0v) is 31.7. The van der Waals surface area contributed by atoms with Gasteiger partial charge in [0.05, 0.1) is 6.04 Å². The molecule has 290 valence electrons. The van der Waals surface area contributed by atoms with Crippen molar-refractivity contribution in [3.05, 3.63) is 53.4 Å². The van der Waals surface area contributed by atoms with Crippen LogP contribution in [0.25, 0.3) is 0 Å². The summed E-state index contributed by atoms with van der Waals surface area (Å²) in [7, 11) is 0. The fraction of sp³-hybridized carbons (Fsp3) is 0.649. The molecule has 0 aliphatic carbocycles. The SMILES string of the molecule is C=C(N[C@H](C(=O)NCC)C(C)C)[C@H](CC)NC[C@H](CC(C)C)NC(=C)[C@H](CCC)NC(=O)C(CC(C)C)NC(=O)c1c(F)c(F)c(O)c(F)c1F. The highest BCUT2D eigenvalue weighted by Crippen LogP contribution is 2.29. The van der Waals surface area contributed by atoms with Crippen LogP contribution in [0, 0.1) is 41.0 Å². The summed E-state index contributed by atoms with van der Waals surface area (Å²) in [5, 5.41) is 27.5. The Morgan fingerprint density at radius 2 is 1.25 bits per heavy atom. The Bertz CT molecular complexity index is 1330. The molecule has 1 aromatic rings. The van der Waals surface area contributed by atoms with Gasteiger partial charge in [-0.2, -0.15) is 8.78 Å². The van der Waals surface area contributed by atoms with Crippen molar-refractivity contribution in [3.63, 3.8) is 0 Å². The largest absolute Gasteiger partial charge is 0.503 e. The Hall–Kier alpha value is -3.81. The first-order valence-electron chi connectivity index (χ1n) is 17.9. The lowest BCUT2D eigenvalue weighted by molar-refractivity contribution is -0.124. The number of hydrogen-bond acceptors (Lipinski definition) is 7. The first-order chi connectivity index (χ1) is 23.8. The molecule has 0 spiro atoms. The summed E-state index contributed by atoms with van der Waals surface area (Å²) in [6.07, 6.45) is 2.60. The van der Waals surface area contributed by atoms with Gasteiger partial charge in [0.1, 0.15) is 17.6 Å². The normalized spacial score (nSPS) is 14.4. The molecule has 5 atom stereocenters. The smallest absolute Gasteiger partial charge is 0.258 e. The number of nitrogens with one attached hydrogen (secondary N) is 6. The van der Waals surface area contributed by atoms with Gasteiger partial charge in [0, 0.05) is 36.6 Å². The van der Waals surface area contributed by atoms with Crippen molar-refractivity contribution in [2.45, 2.75) is 125 Å². The molecule has 0 aliphatic rings. The number of amides is 3. The number of halogens is 4. The van der Waals surface area contributed by atoms with Gasteiger partial charge in [-0.1, -0.05) is 75.0 Å². The Balaban J connectivity index is 3.16. The summed E-state index contributed by atoms with van der Waals surface area (Å²) < 4.78 is 56.9. The molecular weight excluding hydrogens is 668 g/mol. The lowest BCUT2D eigenvalue weighted by Crippen LogP contribution is -2.53. The first kappa shape index (κ1) is 45.2. The second-order valence-corrected chi connectivity index (χ2v) is 14.1. The third kappa shape index (κ3) is 13.7. The average Bonchev–Trinajstić information content (AvgIpc) is 3.04. The number of phenolic OH excluding ortho intramolecular Hbond substituents is 1. The number of carbonyl (C=O) groups is 3. The zero-order valence-electron chi connectivity index (χ0n) is 31.7. The maximum Gasteiger partial charge on any atom is 0.258 e. The van der Waals surface area contributed by atoms with E-state index in [2.05, 4.69) is 58.9 Å². The van der Waals surface area contributed by atoms with Gasteiger partial charge in [-0.05, 0) is 50.4 Å². The van der Waals surface area contributed by atoms with Gasteiger partial charge < -0.3 is 37.0 Å². The molecule has 0 bridgehead atoms. The monoisotopic (exact) mass is 728 g/mol. The van der Waals surface area contributed by atoms with Crippen molar-refractivity contribution in [3.8, 4) is 5.75 Å². The summed E-state index contributed by atoms with van der Waals surface area (Å²) in [5.41, 5.74) is -0.388. The quantitative estimate of drug-likeness (QED) is 0.0581. The van der Waals surface area contributed by atoms with Crippen LogP contribution >= 0.6 is 0 Å². The van der Waals surface area contributed by atoms with Crippen molar-refractivity contribution < 1.29 is 37.1 Å². The average molecular weight is 729 g/mol. The number of phenols is 1. The Morgan fingerprint density at radius 3 is 1.73 bits per heavy atom. The van der Waals surface area contributed by atoms with E-state index in [0.717, 1.165) is 6.42 Å². The number of hydrogen-bond donors (Lipinski definition) is 7. The van der Waals surface area contributed by atoms with Crippen LogP contribution in [-0.2, 0) is 9.59 Å². The summed E-state index contributed by atoms with van der Waals surface area (Å²) in [4.78, 5) is 39.1. The molecule has 0 saturated carbocycles. The summed E-state index contributed by atoms with van der Waals surface area (Å²) >= 11 is 0. The van der Waals surface area contributed by atoms with Crippen molar-refractivity contribution in [2.24, 2.45) is 17.8 Å². The molecule has 0 saturated heterocycles. The second kappa shape index (κ2) is 21.5. The van der Waals surface area contributed by atoms with E-state index >= 15 is 0 Å². The number of carbonyl (C=O) groups excluding carboxylic acids is 3. The van der Waals surface area contributed by atoms with Crippen LogP contribution in [0.5, 0.6) is 5.75 Å². The van der Waals surface area contributed by atoms with Gasteiger partial charge in [0.2, 0.25) is 23.4 Å². The molecule has 14 heteroatoms. The lowest BCUT2D eigenvalue weighted by atomic mass is 9.99. The van der Waals surface area contributed by atoms with E-state index in [1.54, 1.807) is 13.8 Å². The predicted octanol–water partition coefficient (Wildman–Crippen LogP) is 5.53. The van der Waals surface area contributed by atoms with Crippen LogP contribution < -0.4 is 31.9 Å².